The smallest absolute Gasteiger partial charge is 0.194 e. The Kier molecular flexibility index (Phi) is 3.73. The standard InChI is InChI=1S/C23H18O2/c1-15-7-9-16(10-8-15)21-19-5-3-4-6-20(19)23(24)22(21)17-11-13-18(25-2)14-12-17/h3-14H,1-2H3. The highest BCUT2D eigenvalue weighted by molar-refractivity contribution is 6.41. The molecule has 0 saturated heterocycles. The van der Waals surface area contributed by atoms with Crippen LogP contribution in [0.3, 0.4) is 0 Å². The van der Waals surface area contributed by atoms with Gasteiger partial charge in [0.1, 0.15) is 5.75 Å². The summed E-state index contributed by atoms with van der Waals surface area (Å²) < 4.78 is 5.24. The van der Waals surface area contributed by atoms with Crippen LogP contribution in [0.1, 0.15) is 32.6 Å². The first-order valence-electron chi connectivity index (χ1n) is 8.29. The van der Waals surface area contributed by atoms with Gasteiger partial charge in [-0.25, -0.2) is 0 Å². The Morgan fingerprint density at radius 3 is 1.88 bits per heavy atom. The number of ether oxygens (including phenoxy) is 1. The van der Waals surface area contributed by atoms with Crippen LogP contribution >= 0.6 is 0 Å². The van der Waals surface area contributed by atoms with E-state index in [1.54, 1.807) is 7.11 Å². The zero-order valence-electron chi connectivity index (χ0n) is 14.2. The Morgan fingerprint density at radius 2 is 1.24 bits per heavy atom. The molecule has 0 aliphatic heterocycles. The molecule has 2 heteroatoms. The van der Waals surface area contributed by atoms with E-state index in [-0.39, 0.29) is 5.78 Å². The monoisotopic (exact) mass is 326 g/mol. The van der Waals surface area contributed by atoms with Crippen LogP contribution in [0.15, 0.2) is 72.8 Å². The minimum absolute atomic E-state index is 0.0799. The van der Waals surface area contributed by atoms with Gasteiger partial charge >= 0.3 is 0 Å². The third-order valence-corrected chi connectivity index (χ3v) is 4.64. The number of rotatable bonds is 3. The van der Waals surface area contributed by atoms with E-state index in [1.165, 1.54) is 5.56 Å². The number of hydrogen-bond acceptors (Lipinski definition) is 2. The summed E-state index contributed by atoms with van der Waals surface area (Å²) >= 11 is 0. The molecule has 4 rings (SSSR count). The van der Waals surface area contributed by atoms with Crippen LogP contribution in [0.5, 0.6) is 5.75 Å². The molecule has 0 atom stereocenters. The highest BCUT2D eigenvalue weighted by atomic mass is 16.5. The van der Waals surface area contributed by atoms with Crippen LogP contribution in [0.2, 0.25) is 0 Å². The van der Waals surface area contributed by atoms with Crippen LogP contribution in [0.25, 0.3) is 11.1 Å². The molecule has 2 nitrogen and oxygen atoms in total. The molecule has 1 aliphatic carbocycles. The molecule has 25 heavy (non-hydrogen) atoms. The fourth-order valence-electron chi connectivity index (χ4n) is 3.34. The summed E-state index contributed by atoms with van der Waals surface area (Å²) in [7, 11) is 1.64. The molecule has 0 bridgehead atoms. The van der Waals surface area contributed by atoms with Gasteiger partial charge in [0.05, 0.1) is 7.11 Å². The summed E-state index contributed by atoms with van der Waals surface area (Å²) in [5, 5.41) is 0. The van der Waals surface area contributed by atoms with Crippen molar-refractivity contribution >= 4 is 16.9 Å². The van der Waals surface area contributed by atoms with E-state index in [1.807, 2.05) is 48.5 Å². The van der Waals surface area contributed by atoms with Crippen LogP contribution in [0, 0.1) is 6.92 Å². The number of methoxy groups -OCH3 is 1. The second-order valence-electron chi connectivity index (χ2n) is 6.22. The van der Waals surface area contributed by atoms with Gasteiger partial charge < -0.3 is 4.74 Å². The molecule has 0 heterocycles. The molecule has 122 valence electrons. The van der Waals surface area contributed by atoms with Crippen LogP contribution < -0.4 is 4.74 Å². The molecular formula is C23H18O2. The first kappa shape index (κ1) is 15.4. The normalized spacial score (nSPS) is 13.1. The number of ketones is 1. The van der Waals surface area contributed by atoms with Crippen molar-refractivity contribution in [3.63, 3.8) is 0 Å². The van der Waals surface area contributed by atoms with E-state index in [2.05, 4.69) is 31.2 Å². The Bertz CT molecular complexity index is 977. The quantitative estimate of drug-likeness (QED) is 0.664. The molecule has 0 aromatic heterocycles. The fraction of sp³-hybridized carbons (Fsp3) is 0.0870. The molecule has 0 radical (unpaired) electrons. The second-order valence-corrected chi connectivity index (χ2v) is 6.22. The Labute approximate surface area is 147 Å². The van der Waals surface area contributed by atoms with Crippen molar-refractivity contribution in [1.82, 2.24) is 0 Å². The summed E-state index contributed by atoms with van der Waals surface area (Å²) in [4.78, 5) is 13.1. The molecule has 0 spiro atoms. The molecule has 0 saturated carbocycles. The molecule has 0 unspecified atom stereocenters. The van der Waals surface area contributed by atoms with Crippen molar-refractivity contribution in [2.75, 3.05) is 7.11 Å². The van der Waals surface area contributed by atoms with Gasteiger partial charge in [0.25, 0.3) is 0 Å². The van der Waals surface area contributed by atoms with Gasteiger partial charge in [0, 0.05) is 16.7 Å². The van der Waals surface area contributed by atoms with E-state index in [0.717, 1.165) is 39.1 Å². The number of benzene rings is 3. The minimum atomic E-state index is 0.0799. The van der Waals surface area contributed by atoms with Gasteiger partial charge in [-0.2, -0.15) is 0 Å². The summed E-state index contributed by atoms with van der Waals surface area (Å²) in [6, 6.07) is 23.9. The van der Waals surface area contributed by atoms with Gasteiger partial charge in [-0.15, -0.1) is 0 Å². The maximum absolute atomic E-state index is 13.1. The maximum atomic E-state index is 13.1. The van der Waals surface area contributed by atoms with Crippen molar-refractivity contribution in [3.05, 3.63) is 101 Å². The molecule has 0 N–H and O–H groups in total. The van der Waals surface area contributed by atoms with Gasteiger partial charge in [0.2, 0.25) is 0 Å². The average Bonchev–Trinajstić information content (AvgIpc) is 2.95. The molecule has 3 aromatic carbocycles. The first-order chi connectivity index (χ1) is 12.2. The van der Waals surface area contributed by atoms with Crippen LogP contribution in [-0.2, 0) is 0 Å². The van der Waals surface area contributed by atoms with Crippen molar-refractivity contribution in [1.29, 1.82) is 0 Å². The lowest BCUT2D eigenvalue weighted by molar-refractivity contribution is 0.105. The minimum Gasteiger partial charge on any atom is -0.497 e. The first-order valence-corrected chi connectivity index (χ1v) is 8.29. The summed E-state index contributed by atoms with van der Waals surface area (Å²) in [6.45, 7) is 2.07. The zero-order chi connectivity index (χ0) is 17.4. The van der Waals surface area contributed by atoms with Crippen molar-refractivity contribution < 1.29 is 9.53 Å². The maximum Gasteiger partial charge on any atom is 0.194 e. The number of carbonyl (C=O) groups is 1. The predicted molar refractivity (Wildman–Crippen MR) is 101 cm³/mol. The highest BCUT2D eigenvalue weighted by Gasteiger charge is 2.30. The Balaban J connectivity index is 1.97. The SMILES string of the molecule is COc1ccc(C2=C(c3ccc(C)cc3)c3ccccc3C2=O)cc1. The van der Waals surface area contributed by atoms with Gasteiger partial charge in [-0.1, -0.05) is 66.2 Å². The fourth-order valence-corrected chi connectivity index (χ4v) is 3.34. The lowest BCUT2D eigenvalue weighted by atomic mass is 9.94. The topological polar surface area (TPSA) is 26.3 Å². The number of aryl methyl sites for hydroxylation is 1. The zero-order valence-corrected chi connectivity index (χ0v) is 14.2. The molecule has 1 aliphatic rings. The summed E-state index contributed by atoms with van der Waals surface area (Å²) in [5.41, 5.74) is 6.71. The number of fused-ring (bicyclic) bond motifs is 1. The lowest BCUT2D eigenvalue weighted by Crippen LogP contribution is -1.98. The van der Waals surface area contributed by atoms with Crippen molar-refractivity contribution in [2.24, 2.45) is 0 Å². The molecule has 3 aromatic rings. The predicted octanol–water partition coefficient (Wildman–Crippen LogP) is 5.16. The molecular weight excluding hydrogens is 308 g/mol. The van der Waals surface area contributed by atoms with E-state index in [9.17, 15) is 4.79 Å². The van der Waals surface area contributed by atoms with E-state index >= 15 is 0 Å². The Hall–Kier alpha value is -3.13. The Morgan fingerprint density at radius 1 is 0.680 bits per heavy atom. The van der Waals surface area contributed by atoms with E-state index < -0.39 is 0 Å². The third kappa shape index (κ3) is 2.56. The van der Waals surface area contributed by atoms with Gasteiger partial charge in [0.15, 0.2) is 5.78 Å². The lowest BCUT2D eigenvalue weighted by Gasteiger charge is -2.10. The van der Waals surface area contributed by atoms with Crippen molar-refractivity contribution in [3.8, 4) is 5.75 Å². The number of Topliss-reactive ketones (excluding diaryl/α,β-unsaturated/α-hetero) is 1. The van der Waals surface area contributed by atoms with Crippen LogP contribution in [0.4, 0.5) is 0 Å². The third-order valence-electron chi connectivity index (χ3n) is 4.64. The second kappa shape index (κ2) is 6.06. The number of hydrogen-bond donors (Lipinski definition) is 0. The molecule has 0 fully saturated rings. The van der Waals surface area contributed by atoms with E-state index in [0.29, 0.717) is 0 Å². The van der Waals surface area contributed by atoms with Crippen LogP contribution in [-0.4, -0.2) is 12.9 Å². The van der Waals surface area contributed by atoms with Gasteiger partial charge in [-0.3, -0.25) is 4.79 Å². The van der Waals surface area contributed by atoms with Crippen molar-refractivity contribution in [2.45, 2.75) is 6.92 Å². The summed E-state index contributed by atoms with van der Waals surface area (Å²) in [5.74, 6) is 0.862. The summed E-state index contributed by atoms with van der Waals surface area (Å²) in [6.07, 6.45) is 0. The molecule has 0 amide bonds. The number of allylic oxidation sites excluding steroid dienone is 1. The average molecular weight is 326 g/mol. The van der Waals surface area contributed by atoms with Gasteiger partial charge in [-0.05, 0) is 35.7 Å². The largest absolute Gasteiger partial charge is 0.497 e. The highest BCUT2D eigenvalue weighted by Crippen LogP contribution is 2.42. The van der Waals surface area contributed by atoms with E-state index in [4.69, 9.17) is 4.74 Å². The number of carbonyl (C=O) groups excluding carboxylic acids is 1.